The fourth-order valence-corrected chi connectivity index (χ4v) is 2.99. The summed E-state index contributed by atoms with van der Waals surface area (Å²) in [6.45, 7) is 1.80. The molecule has 1 aromatic carbocycles. The highest BCUT2D eigenvalue weighted by molar-refractivity contribution is 9.10. The van der Waals surface area contributed by atoms with Gasteiger partial charge in [0.1, 0.15) is 0 Å². The van der Waals surface area contributed by atoms with Gasteiger partial charge in [0.15, 0.2) is 0 Å². The predicted molar refractivity (Wildman–Crippen MR) is 84.8 cm³/mol. The standard InChI is InChI=1S/C16H19BrN2O/c1-19(10-13-6-7-20-11-13)16-5-2-12(8-15(16)17)9-18-14-3-4-14/h2,5-8,11,14,18H,3-4,9-10H2,1H3. The highest BCUT2D eigenvalue weighted by Crippen LogP contribution is 2.28. The molecule has 0 atom stereocenters. The third-order valence-electron chi connectivity index (χ3n) is 3.60. The van der Waals surface area contributed by atoms with Crippen LogP contribution in [0.2, 0.25) is 0 Å². The first-order chi connectivity index (χ1) is 9.72. The quantitative estimate of drug-likeness (QED) is 0.867. The summed E-state index contributed by atoms with van der Waals surface area (Å²) in [7, 11) is 2.09. The third-order valence-corrected chi connectivity index (χ3v) is 4.23. The molecule has 1 saturated carbocycles. The summed E-state index contributed by atoms with van der Waals surface area (Å²) in [6.07, 6.45) is 6.16. The maximum absolute atomic E-state index is 5.11. The van der Waals surface area contributed by atoms with E-state index >= 15 is 0 Å². The van der Waals surface area contributed by atoms with Crippen LogP contribution in [-0.4, -0.2) is 13.1 Å². The van der Waals surface area contributed by atoms with E-state index in [1.165, 1.54) is 29.7 Å². The zero-order valence-electron chi connectivity index (χ0n) is 11.6. The van der Waals surface area contributed by atoms with Crippen LogP contribution in [0, 0.1) is 0 Å². The van der Waals surface area contributed by atoms with Gasteiger partial charge in [-0.05, 0) is 52.5 Å². The predicted octanol–water partition coefficient (Wildman–Crippen LogP) is 3.93. The fraction of sp³-hybridized carbons (Fsp3) is 0.375. The van der Waals surface area contributed by atoms with Crippen LogP contribution in [0.5, 0.6) is 0 Å². The van der Waals surface area contributed by atoms with Gasteiger partial charge < -0.3 is 14.6 Å². The van der Waals surface area contributed by atoms with Crippen LogP contribution in [0.1, 0.15) is 24.0 Å². The lowest BCUT2D eigenvalue weighted by molar-refractivity contribution is 0.563. The first-order valence-electron chi connectivity index (χ1n) is 6.96. The van der Waals surface area contributed by atoms with Crippen molar-refractivity contribution < 1.29 is 4.42 Å². The lowest BCUT2D eigenvalue weighted by Gasteiger charge is -2.20. The van der Waals surface area contributed by atoms with Crippen molar-refractivity contribution in [2.75, 3.05) is 11.9 Å². The Labute approximate surface area is 128 Å². The summed E-state index contributed by atoms with van der Waals surface area (Å²) in [5, 5.41) is 3.54. The van der Waals surface area contributed by atoms with Crippen LogP contribution >= 0.6 is 15.9 Å². The Balaban J connectivity index is 1.66. The van der Waals surface area contributed by atoms with Crippen LogP contribution in [-0.2, 0) is 13.1 Å². The van der Waals surface area contributed by atoms with E-state index in [0.29, 0.717) is 0 Å². The molecular weight excluding hydrogens is 316 g/mol. The van der Waals surface area contributed by atoms with Crippen LogP contribution in [0.3, 0.4) is 0 Å². The van der Waals surface area contributed by atoms with Gasteiger partial charge in [-0.1, -0.05) is 6.07 Å². The average Bonchev–Trinajstić information content (AvgIpc) is 3.13. The number of nitrogens with zero attached hydrogens (tertiary/aromatic N) is 1. The van der Waals surface area contributed by atoms with Gasteiger partial charge in [0.25, 0.3) is 0 Å². The molecule has 0 spiro atoms. The number of rotatable bonds is 6. The lowest BCUT2D eigenvalue weighted by atomic mass is 10.2. The fourth-order valence-electron chi connectivity index (χ4n) is 2.26. The molecule has 1 fully saturated rings. The van der Waals surface area contributed by atoms with Crippen molar-refractivity contribution in [3.8, 4) is 0 Å². The van der Waals surface area contributed by atoms with Gasteiger partial charge in [-0.2, -0.15) is 0 Å². The molecule has 106 valence electrons. The number of halogens is 1. The van der Waals surface area contributed by atoms with Crippen LogP contribution in [0.15, 0.2) is 45.7 Å². The minimum absolute atomic E-state index is 0.747. The molecule has 4 heteroatoms. The third kappa shape index (κ3) is 3.44. The minimum atomic E-state index is 0.747. The summed E-state index contributed by atoms with van der Waals surface area (Å²) in [5.74, 6) is 0. The second-order valence-corrected chi connectivity index (χ2v) is 6.28. The Morgan fingerprint density at radius 1 is 1.30 bits per heavy atom. The van der Waals surface area contributed by atoms with Gasteiger partial charge in [-0.15, -0.1) is 0 Å². The summed E-state index contributed by atoms with van der Waals surface area (Å²) in [6, 6.07) is 9.32. The summed E-state index contributed by atoms with van der Waals surface area (Å²) in [5.41, 5.74) is 3.70. The molecule has 0 bridgehead atoms. The molecule has 0 unspecified atom stereocenters. The van der Waals surface area contributed by atoms with Crippen molar-refractivity contribution in [2.24, 2.45) is 0 Å². The molecule has 3 rings (SSSR count). The normalized spacial score (nSPS) is 14.5. The maximum Gasteiger partial charge on any atom is 0.0952 e. The largest absolute Gasteiger partial charge is 0.472 e. The van der Waals surface area contributed by atoms with E-state index in [4.69, 9.17) is 4.42 Å². The summed E-state index contributed by atoms with van der Waals surface area (Å²) in [4.78, 5) is 2.22. The van der Waals surface area contributed by atoms with E-state index in [9.17, 15) is 0 Å². The number of nitrogens with one attached hydrogen (secondary N) is 1. The first-order valence-corrected chi connectivity index (χ1v) is 7.75. The van der Waals surface area contributed by atoms with Gasteiger partial charge in [0, 0.05) is 36.2 Å². The van der Waals surface area contributed by atoms with Gasteiger partial charge in [-0.3, -0.25) is 0 Å². The first kappa shape index (κ1) is 13.7. The van der Waals surface area contributed by atoms with Crippen molar-refractivity contribution >= 4 is 21.6 Å². The molecule has 1 aliphatic rings. The number of furan rings is 1. The molecule has 0 aliphatic heterocycles. The Bertz CT molecular complexity index is 564. The van der Waals surface area contributed by atoms with Gasteiger partial charge in [0.05, 0.1) is 18.2 Å². The van der Waals surface area contributed by atoms with E-state index in [-0.39, 0.29) is 0 Å². The van der Waals surface area contributed by atoms with Crippen molar-refractivity contribution in [3.05, 3.63) is 52.4 Å². The minimum Gasteiger partial charge on any atom is -0.472 e. The number of benzene rings is 1. The molecule has 1 aromatic heterocycles. The molecule has 3 nitrogen and oxygen atoms in total. The van der Waals surface area contributed by atoms with Crippen molar-refractivity contribution in [3.63, 3.8) is 0 Å². The topological polar surface area (TPSA) is 28.4 Å². The molecule has 0 radical (unpaired) electrons. The zero-order chi connectivity index (χ0) is 13.9. The molecule has 1 aliphatic carbocycles. The highest BCUT2D eigenvalue weighted by Gasteiger charge is 2.20. The highest BCUT2D eigenvalue weighted by atomic mass is 79.9. The van der Waals surface area contributed by atoms with Gasteiger partial charge in [0.2, 0.25) is 0 Å². The van der Waals surface area contributed by atoms with Crippen molar-refractivity contribution in [1.29, 1.82) is 0 Å². The van der Waals surface area contributed by atoms with Gasteiger partial charge >= 0.3 is 0 Å². The van der Waals surface area contributed by atoms with Crippen LogP contribution < -0.4 is 10.2 Å². The Kier molecular flexibility index (Phi) is 4.13. The zero-order valence-corrected chi connectivity index (χ0v) is 13.2. The van der Waals surface area contributed by atoms with E-state index in [1.807, 2.05) is 6.07 Å². The number of hydrogen-bond donors (Lipinski definition) is 1. The van der Waals surface area contributed by atoms with E-state index in [0.717, 1.165) is 23.6 Å². The monoisotopic (exact) mass is 334 g/mol. The van der Waals surface area contributed by atoms with Gasteiger partial charge in [-0.25, -0.2) is 0 Å². The second kappa shape index (κ2) is 6.02. The average molecular weight is 335 g/mol. The van der Waals surface area contributed by atoms with Crippen molar-refractivity contribution in [1.82, 2.24) is 5.32 Å². The molecule has 20 heavy (non-hydrogen) atoms. The van der Waals surface area contributed by atoms with E-state index in [2.05, 4.69) is 51.4 Å². The summed E-state index contributed by atoms with van der Waals surface area (Å²) >= 11 is 3.68. The smallest absolute Gasteiger partial charge is 0.0952 e. The number of hydrogen-bond acceptors (Lipinski definition) is 3. The van der Waals surface area contributed by atoms with Crippen LogP contribution in [0.25, 0.3) is 0 Å². The summed E-state index contributed by atoms with van der Waals surface area (Å²) < 4.78 is 6.25. The number of anilines is 1. The molecule has 2 aromatic rings. The molecule has 0 saturated heterocycles. The molecule has 1 heterocycles. The lowest BCUT2D eigenvalue weighted by Crippen LogP contribution is -2.17. The van der Waals surface area contributed by atoms with E-state index < -0.39 is 0 Å². The van der Waals surface area contributed by atoms with E-state index in [1.54, 1.807) is 12.5 Å². The molecule has 1 N–H and O–H groups in total. The molecule has 0 amide bonds. The Morgan fingerprint density at radius 3 is 2.80 bits per heavy atom. The Hall–Kier alpha value is -1.26. The van der Waals surface area contributed by atoms with Crippen molar-refractivity contribution in [2.45, 2.75) is 32.0 Å². The maximum atomic E-state index is 5.11. The molecular formula is C16H19BrN2O. The van der Waals surface area contributed by atoms with Crippen LogP contribution in [0.4, 0.5) is 5.69 Å². The second-order valence-electron chi connectivity index (χ2n) is 5.43. The Morgan fingerprint density at radius 2 is 2.15 bits per heavy atom. The SMILES string of the molecule is CN(Cc1ccoc1)c1ccc(CNC2CC2)cc1Br.